The van der Waals surface area contributed by atoms with Crippen molar-refractivity contribution in [1.29, 1.82) is 0 Å². The van der Waals surface area contributed by atoms with E-state index in [4.69, 9.17) is 14.9 Å². The van der Waals surface area contributed by atoms with Crippen LogP contribution < -0.4 is 10.5 Å². The van der Waals surface area contributed by atoms with Crippen LogP contribution in [0.5, 0.6) is 5.75 Å². The Balaban J connectivity index is 2.31. The molecule has 1 heterocycles. The monoisotopic (exact) mass is 292 g/mol. The van der Waals surface area contributed by atoms with E-state index in [9.17, 15) is 0 Å². The Kier molecular flexibility index (Phi) is 4.73. The highest BCUT2D eigenvalue weighted by molar-refractivity contribution is 7.99. The van der Waals surface area contributed by atoms with Gasteiger partial charge >= 0.3 is 0 Å². The van der Waals surface area contributed by atoms with E-state index in [1.165, 1.54) is 11.8 Å². The average molecular weight is 292 g/mol. The van der Waals surface area contributed by atoms with E-state index in [1.54, 1.807) is 7.11 Å². The van der Waals surface area contributed by atoms with E-state index in [-0.39, 0.29) is 11.3 Å². The van der Waals surface area contributed by atoms with Crippen molar-refractivity contribution in [3.05, 3.63) is 41.3 Å². The molecule has 2 N–H and O–H groups in total. The third-order valence-corrected chi connectivity index (χ3v) is 4.47. The molecule has 0 fully saturated rings. The summed E-state index contributed by atoms with van der Waals surface area (Å²) in [5.41, 5.74) is 8.11. The predicted octanol–water partition coefficient (Wildman–Crippen LogP) is 3.48. The molecule has 20 heavy (non-hydrogen) atoms. The summed E-state index contributed by atoms with van der Waals surface area (Å²) in [6.07, 6.45) is 0. The third kappa shape index (κ3) is 3.16. The minimum Gasteiger partial charge on any atom is -0.496 e. The Morgan fingerprint density at radius 1 is 1.30 bits per heavy atom. The molecule has 2 aromatic rings. The average Bonchev–Trinajstić information content (AvgIpc) is 2.74. The Morgan fingerprint density at radius 3 is 2.55 bits per heavy atom. The molecule has 0 radical (unpaired) electrons. The number of nitrogens with zero attached hydrogens (tertiary/aromatic N) is 1. The number of oxazole rings is 1. The first-order chi connectivity index (χ1) is 9.52. The second kappa shape index (κ2) is 6.33. The first kappa shape index (κ1) is 14.9. The van der Waals surface area contributed by atoms with Gasteiger partial charge in [-0.1, -0.05) is 30.0 Å². The van der Waals surface area contributed by atoms with Gasteiger partial charge in [0.2, 0.25) is 0 Å². The number of ether oxygens (including phenoxy) is 1. The second-order valence-electron chi connectivity index (χ2n) is 4.76. The van der Waals surface area contributed by atoms with Crippen molar-refractivity contribution in [2.24, 2.45) is 5.73 Å². The van der Waals surface area contributed by atoms with Crippen LogP contribution in [0.2, 0.25) is 0 Å². The van der Waals surface area contributed by atoms with E-state index in [1.807, 2.05) is 45.0 Å². The number of nitrogens with two attached hydrogens (primary N) is 1. The number of thioether (sulfide) groups is 1. The molecule has 0 saturated heterocycles. The van der Waals surface area contributed by atoms with Gasteiger partial charge in [0.25, 0.3) is 5.22 Å². The normalized spacial score (nSPS) is 14.1. The molecular formula is C15H20N2O2S. The molecule has 108 valence electrons. The number of hydrogen-bond acceptors (Lipinski definition) is 5. The van der Waals surface area contributed by atoms with Gasteiger partial charge in [-0.25, -0.2) is 4.98 Å². The number of aromatic nitrogens is 1. The highest BCUT2D eigenvalue weighted by Crippen LogP contribution is 2.40. The van der Waals surface area contributed by atoms with Crippen LogP contribution in [0.3, 0.4) is 0 Å². The highest BCUT2D eigenvalue weighted by atomic mass is 32.2. The van der Waals surface area contributed by atoms with E-state index in [2.05, 4.69) is 4.98 Å². The number of hydrogen-bond donors (Lipinski definition) is 1. The SMILES string of the molecule is COc1ccccc1C(Sc1nc(C)c(C)o1)C(C)N. The van der Waals surface area contributed by atoms with Crippen molar-refractivity contribution < 1.29 is 9.15 Å². The van der Waals surface area contributed by atoms with Crippen molar-refractivity contribution in [3.8, 4) is 5.75 Å². The van der Waals surface area contributed by atoms with E-state index in [0.717, 1.165) is 22.8 Å². The smallest absolute Gasteiger partial charge is 0.256 e. The molecule has 0 bridgehead atoms. The molecule has 2 unspecified atom stereocenters. The zero-order valence-corrected chi connectivity index (χ0v) is 13.0. The third-order valence-electron chi connectivity index (χ3n) is 3.16. The summed E-state index contributed by atoms with van der Waals surface area (Å²) < 4.78 is 11.1. The number of para-hydroxylation sites is 1. The van der Waals surface area contributed by atoms with Gasteiger partial charge in [0.1, 0.15) is 11.5 Å². The first-order valence-electron chi connectivity index (χ1n) is 6.52. The van der Waals surface area contributed by atoms with Crippen LogP contribution in [0.15, 0.2) is 33.9 Å². The van der Waals surface area contributed by atoms with Crippen molar-refractivity contribution in [2.75, 3.05) is 7.11 Å². The minimum atomic E-state index is -0.0520. The summed E-state index contributed by atoms with van der Waals surface area (Å²) in [4.78, 5) is 4.41. The Labute approximate surface area is 123 Å². The fourth-order valence-corrected chi connectivity index (χ4v) is 3.07. The van der Waals surface area contributed by atoms with Gasteiger partial charge in [0.15, 0.2) is 0 Å². The van der Waals surface area contributed by atoms with Gasteiger partial charge in [0.05, 0.1) is 18.1 Å². The van der Waals surface area contributed by atoms with Gasteiger partial charge < -0.3 is 14.9 Å². The maximum atomic E-state index is 6.14. The summed E-state index contributed by atoms with van der Waals surface area (Å²) in [5, 5.41) is 0.678. The van der Waals surface area contributed by atoms with Gasteiger partial charge in [-0.15, -0.1) is 0 Å². The van der Waals surface area contributed by atoms with Crippen LogP contribution in [0.25, 0.3) is 0 Å². The molecule has 0 aliphatic heterocycles. The number of methoxy groups -OCH3 is 1. The van der Waals surface area contributed by atoms with Crippen LogP contribution in [0, 0.1) is 13.8 Å². The van der Waals surface area contributed by atoms with E-state index < -0.39 is 0 Å². The maximum Gasteiger partial charge on any atom is 0.256 e. The molecule has 0 spiro atoms. The second-order valence-corrected chi connectivity index (χ2v) is 5.85. The topological polar surface area (TPSA) is 61.3 Å². The molecule has 4 nitrogen and oxygen atoms in total. The molecule has 0 amide bonds. The Morgan fingerprint density at radius 2 is 2.00 bits per heavy atom. The molecule has 0 aliphatic carbocycles. The predicted molar refractivity (Wildman–Crippen MR) is 81.2 cm³/mol. The zero-order chi connectivity index (χ0) is 14.7. The quantitative estimate of drug-likeness (QED) is 0.855. The maximum absolute atomic E-state index is 6.14. The van der Waals surface area contributed by atoms with E-state index >= 15 is 0 Å². The summed E-state index contributed by atoms with van der Waals surface area (Å²) >= 11 is 1.53. The molecule has 0 aliphatic rings. The molecule has 1 aromatic heterocycles. The lowest BCUT2D eigenvalue weighted by molar-refractivity contribution is 0.407. The van der Waals surface area contributed by atoms with Gasteiger partial charge in [-0.05, 0) is 26.8 Å². The van der Waals surface area contributed by atoms with Crippen molar-refractivity contribution in [1.82, 2.24) is 4.98 Å². The minimum absolute atomic E-state index is 0.0311. The molecule has 2 atom stereocenters. The molecule has 1 aromatic carbocycles. The van der Waals surface area contributed by atoms with Gasteiger partial charge in [-0.3, -0.25) is 0 Å². The summed E-state index contributed by atoms with van der Waals surface area (Å²) in [5.74, 6) is 1.68. The van der Waals surface area contributed by atoms with Gasteiger partial charge in [-0.2, -0.15) is 0 Å². The number of rotatable bonds is 5. The highest BCUT2D eigenvalue weighted by Gasteiger charge is 2.23. The largest absolute Gasteiger partial charge is 0.496 e. The fraction of sp³-hybridized carbons (Fsp3) is 0.400. The van der Waals surface area contributed by atoms with E-state index in [0.29, 0.717) is 5.22 Å². The summed E-state index contributed by atoms with van der Waals surface area (Å²) in [7, 11) is 1.67. The van der Waals surface area contributed by atoms with Crippen LogP contribution in [-0.2, 0) is 0 Å². The number of benzene rings is 1. The van der Waals surface area contributed by atoms with Crippen molar-refractivity contribution >= 4 is 11.8 Å². The summed E-state index contributed by atoms with van der Waals surface area (Å²) in [6.45, 7) is 5.83. The van der Waals surface area contributed by atoms with Crippen LogP contribution in [-0.4, -0.2) is 18.1 Å². The van der Waals surface area contributed by atoms with Crippen LogP contribution >= 0.6 is 11.8 Å². The molecular weight excluding hydrogens is 272 g/mol. The standard InChI is InChI=1S/C15H20N2O2S/c1-9(16)14(12-7-5-6-8-13(12)18-4)20-15-17-10(2)11(3)19-15/h5-9,14H,16H2,1-4H3. The lowest BCUT2D eigenvalue weighted by Crippen LogP contribution is -2.23. The van der Waals surface area contributed by atoms with Crippen molar-refractivity contribution in [3.63, 3.8) is 0 Å². The van der Waals surface area contributed by atoms with Gasteiger partial charge in [0, 0.05) is 11.6 Å². The van der Waals surface area contributed by atoms with Crippen LogP contribution in [0.4, 0.5) is 0 Å². The first-order valence-corrected chi connectivity index (χ1v) is 7.40. The molecule has 2 rings (SSSR count). The zero-order valence-electron chi connectivity index (χ0n) is 12.2. The Hall–Kier alpha value is -1.46. The fourth-order valence-electron chi connectivity index (χ4n) is 1.96. The Bertz CT molecular complexity index is 562. The molecule has 5 heteroatoms. The number of aryl methyl sites for hydroxylation is 2. The van der Waals surface area contributed by atoms with Crippen molar-refractivity contribution in [2.45, 2.75) is 37.3 Å². The molecule has 0 saturated carbocycles. The van der Waals surface area contributed by atoms with Crippen LogP contribution in [0.1, 0.15) is 29.2 Å². The summed E-state index contributed by atoms with van der Waals surface area (Å²) in [6, 6.07) is 7.86. The lowest BCUT2D eigenvalue weighted by Gasteiger charge is -2.21. The lowest BCUT2D eigenvalue weighted by atomic mass is 10.1.